The first kappa shape index (κ1) is 17.7. The van der Waals surface area contributed by atoms with E-state index in [1.807, 2.05) is 6.92 Å². The third-order valence-corrected chi connectivity index (χ3v) is 3.52. The number of piperidine rings is 1. The molecule has 1 fully saturated rings. The van der Waals surface area contributed by atoms with Crippen LogP contribution in [0.4, 0.5) is 4.79 Å². The van der Waals surface area contributed by atoms with Crippen LogP contribution >= 0.6 is 0 Å². The predicted octanol–water partition coefficient (Wildman–Crippen LogP) is 0.766. The molecule has 0 saturated carbocycles. The summed E-state index contributed by atoms with van der Waals surface area (Å²) in [6.07, 6.45) is 2.36. The minimum atomic E-state index is -0.859. The number of amides is 2. The highest BCUT2D eigenvalue weighted by atomic mass is 16.5. The molecule has 0 aromatic heterocycles. The molecule has 2 amide bonds. The van der Waals surface area contributed by atoms with E-state index < -0.39 is 5.97 Å². The number of hydrogen-bond donors (Lipinski definition) is 2. The molecule has 1 saturated heterocycles. The number of carbonyl (C=O) groups is 2. The van der Waals surface area contributed by atoms with Crippen LogP contribution in [-0.4, -0.2) is 77.5 Å². The average molecular weight is 302 g/mol. The molecule has 21 heavy (non-hydrogen) atoms. The number of carboxylic acid groups (broad SMARTS) is 1. The molecule has 0 unspecified atom stereocenters. The molecule has 0 radical (unpaired) electrons. The van der Waals surface area contributed by atoms with Crippen LogP contribution in [0.5, 0.6) is 0 Å². The molecule has 1 aliphatic heterocycles. The highest BCUT2D eigenvalue weighted by Crippen LogP contribution is 2.15. The predicted molar refractivity (Wildman–Crippen MR) is 77.1 cm³/mol. The molecule has 7 nitrogen and oxygen atoms in total. The van der Waals surface area contributed by atoms with Gasteiger partial charge in [-0.15, -0.1) is 0 Å². The summed E-state index contributed by atoms with van der Waals surface area (Å²) in [5.74, 6) is -0.859. The summed E-state index contributed by atoms with van der Waals surface area (Å²) in [7, 11) is 0. The first-order chi connectivity index (χ1) is 10.1. The number of aliphatic hydroxyl groups excluding tert-OH is 1. The fourth-order valence-corrected chi connectivity index (χ4v) is 2.42. The van der Waals surface area contributed by atoms with Crippen molar-refractivity contribution in [2.45, 2.75) is 38.7 Å². The number of rotatable bonds is 8. The molecule has 1 aliphatic rings. The molecular formula is C14H26N2O5. The van der Waals surface area contributed by atoms with Gasteiger partial charge in [-0.3, -0.25) is 4.79 Å². The third kappa shape index (κ3) is 6.31. The summed E-state index contributed by atoms with van der Waals surface area (Å²) in [6, 6.07) is -0.0325. The zero-order valence-electron chi connectivity index (χ0n) is 12.7. The van der Waals surface area contributed by atoms with Crippen LogP contribution < -0.4 is 0 Å². The highest BCUT2D eigenvalue weighted by Gasteiger charge is 2.26. The summed E-state index contributed by atoms with van der Waals surface area (Å²) in [4.78, 5) is 26.2. The van der Waals surface area contributed by atoms with Gasteiger partial charge in [0.1, 0.15) is 0 Å². The minimum Gasteiger partial charge on any atom is -0.481 e. The quantitative estimate of drug-likeness (QED) is 0.691. The lowest BCUT2D eigenvalue weighted by Crippen LogP contribution is -2.48. The van der Waals surface area contributed by atoms with Gasteiger partial charge in [-0.2, -0.15) is 0 Å². The molecule has 0 aliphatic carbocycles. The first-order valence-corrected chi connectivity index (χ1v) is 7.56. The maximum Gasteiger partial charge on any atom is 0.320 e. The van der Waals surface area contributed by atoms with E-state index in [0.717, 1.165) is 19.3 Å². The second-order valence-corrected chi connectivity index (χ2v) is 5.19. The van der Waals surface area contributed by atoms with Gasteiger partial charge in [-0.05, 0) is 19.3 Å². The number of aliphatic hydroxyl groups is 1. The van der Waals surface area contributed by atoms with Gasteiger partial charge in [0.15, 0.2) is 0 Å². The molecule has 0 spiro atoms. The lowest BCUT2D eigenvalue weighted by atomic mass is 10.1. The van der Waals surface area contributed by atoms with E-state index in [1.165, 1.54) is 0 Å². The van der Waals surface area contributed by atoms with Crippen molar-refractivity contribution < 1.29 is 24.5 Å². The van der Waals surface area contributed by atoms with Gasteiger partial charge in [0.05, 0.1) is 25.7 Å². The maximum atomic E-state index is 12.3. The lowest BCUT2D eigenvalue weighted by molar-refractivity contribution is -0.138. The van der Waals surface area contributed by atoms with E-state index in [0.29, 0.717) is 26.2 Å². The molecule has 122 valence electrons. The average Bonchev–Trinajstić information content (AvgIpc) is 2.47. The van der Waals surface area contributed by atoms with Crippen LogP contribution in [-0.2, 0) is 9.53 Å². The van der Waals surface area contributed by atoms with Crippen molar-refractivity contribution in [2.75, 3.05) is 39.4 Å². The van der Waals surface area contributed by atoms with Gasteiger partial charge in [0.25, 0.3) is 0 Å². The number of nitrogens with zero attached hydrogens (tertiary/aromatic N) is 2. The largest absolute Gasteiger partial charge is 0.481 e. The van der Waals surface area contributed by atoms with Crippen LogP contribution in [0, 0.1) is 0 Å². The Kier molecular flexibility index (Phi) is 8.07. The van der Waals surface area contributed by atoms with Crippen LogP contribution in [0.3, 0.4) is 0 Å². The number of hydrogen-bond acceptors (Lipinski definition) is 4. The molecule has 1 heterocycles. The molecule has 2 N–H and O–H groups in total. The summed E-state index contributed by atoms with van der Waals surface area (Å²) < 4.78 is 5.50. The second kappa shape index (κ2) is 9.57. The number of likely N-dealkylation sites (tertiary alicyclic amines) is 1. The number of urea groups is 1. The molecule has 0 atom stereocenters. The van der Waals surface area contributed by atoms with E-state index in [2.05, 4.69) is 0 Å². The Hall–Kier alpha value is -1.34. The number of carboxylic acids is 1. The maximum absolute atomic E-state index is 12.3. The Morgan fingerprint density at radius 3 is 2.48 bits per heavy atom. The van der Waals surface area contributed by atoms with Crippen LogP contribution in [0.1, 0.15) is 32.6 Å². The number of ether oxygens (including phenoxy) is 1. The summed E-state index contributed by atoms with van der Waals surface area (Å²) in [5.41, 5.74) is 0. The van der Waals surface area contributed by atoms with E-state index >= 15 is 0 Å². The van der Waals surface area contributed by atoms with Gasteiger partial charge >= 0.3 is 12.0 Å². The molecule has 1 rings (SSSR count). The fraction of sp³-hybridized carbons (Fsp3) is 0.857. The molecule has 7 heteroatoms. The number of carbonyl (C=O) groups excluding carboxylic acids is 1. The van der Waals surface area contributed by atoms with Gasteiger partial charge in [0.2, 0.25) is 0 Å². The van der Waals surface area contributed by atoms with Crippen molar-refractivity contribution in [1.29, 1.82) is 0 Å². The molecule has 0 aromatic carbocycles. The van der Waals surface area contributed by atoms with E-state index in [9.17, 15) is 9.59 Å². The highest BCUT2D eigenvalue weighted by molar-refractivity contribution is 5.74. The van der Waals surface area contributed by atoms with Crippen molar-refractivity contribution in [3.05, 3.63) is 0 Å². The minimum absolute atomic E-state index is 0.0138. The normalized spacial score (nSPS) is 16.0. The zero-order valence-corrected chi connectivity index (χ0v) is 12.7. The second-order valence-electron chi connectivity index (χ2n) is 5.19. The Balaban J connectivity index is 2.33. The van der Waals surface area contributed by atoms with E-state index in [1.54, 1.807) is 9.80 Å². The zero-order chi connectivity index (χ0) is 15.7. The Morgan fingerprint density at radius 2 is 1.95 bits per heavy atom. The van der Waals surface area contributed by atoms with Gasteiger partial charge in [-0.1, -0.05) is 6.92 Å². The molecule has 0 aromatic rings. The Bertz CT molecular complexity index is 323. The third-order valence-electron chi connectivity index (χ3n) is 3.52. The number of aliphatic carboxylic acids is 1. The van der Waals surface area contributed by atoms with Crippen LogP contribution in [0.15, 0.2) is 0 Å². The Labute approximate surface area is 125 Å². The summed E-state index contributed by atoms with van der Waals surface area (Å²) in [5, 5.41) is 17.6. The van der Waals surface area contributed by atoms with Gasteiger partial charge < -0.3 is 24.7 Å². The fourth-order valence-electron chi connectivity index (χ4n) is 2.42. The summed E-state index contributed by atoms with van der Waals surface area (Å²) in [6.45, 7) is 4.43. The summed E-state index contributed by atoms with van der Waals surface area (Å²) >= 11 is 0. The van der Waals surface area contributed by atoms with Crippen molar-refractivity contribution in [2.24, 2.45) is 0 Å². The SMILES string of the molecule is CCCN(CCO)C(=O)N1CCC(OCCC(=O)O)CC1. The topological polar surface area (TPSA) is 90.3 Å². The molecule has 0 bridgehead atoms. The van der Waals surface area contributed by atoms with Gasteiger partial charge in [0, 0.05) is 26.2 Å². The van der Waals surface area contributed by atoms with Crippen molar-refractivity contribution in [3.8, 4) is 0 Å². The van der Waals surface area contributed by atoms with E-state index in [-0.39, 0.29) is 31.8 Å². The van der Waals surface area contributed by atoms with Crippen LogP contribution in [0.25, 0.3) is 0 Å². The van der Waals surface area contributed by atoms with Crippen LogP contribution in [0.2, 0.25) is 0 Å². The van der Waals surface area contributed by atoms with Gasteiger partial charge in [-0.25, -0.2) is 4.79 Å². The smallest absolute Gasteiger partial charge is 0.320 e. The van der Waals surface area contributed by atoms with Crippen molar-refractivity contribution in [1.82, 2.24) is 9.80 Å². The Morgan fingerprint density at radius 1 is 1.29 bits per heavy atom. The van der Waals surface area contributed by atoms with Crippen molar-refractivity contribution >= 4 is 12.0 Å². The van der Waals surface area contributed by atoms with Crippen molar-refractivity contribution in [3.63, 3.8) is 0 Å². The van der Waals surface area contributed by atoms with E-state index in [4.69, 9.17) is 14.9 Å². The monoisotopic (exact) mass is 302 g/mol. The first-order valence-electron chi connectivity index (χ1n) is 7.56. The molecular weight excluding hydrogens is 276 g/mol. The lowest BCUT2D eigenvalue weighted by Gasteiger charge is -2.35. The standard InChI is InChI=1S/C14H26N2O5/c1-2-6-15(9-10-17)14(20)16-7-3-12(4-8-16)21-11-5-13(18)19/h12,17H,2-11H2,1H3,(H,18,19).